The molecule has 0 bridgehead atoms. The fourth-order valence-electron chi connectivity index (χ4n) is 1.78. The quantitative estimate of drug-likeness (QED) is 0.777. The first-order chi connectivity index (χ1) is 7.35. The van der Waals surface area contributed by atoms with Crippen molar-refractivity contribution >= 4 is 0 Å². The van der Waals surface area contributed by atoms with Crippen molar-refractivity contribution in [2.45, 2.75) is 12.1 Å². The summed E-state index contributed by atoms with van der Waals surface area (Å²) in [6.07, 6.45) is 1.73. The van der Waals surface area contributed by atoms with Crippen LogP contribution in [0.1, 0.15) is 11.7 Å². The second-order valence-corrected chi connectivity index (χ2v) is 3.73. The Hall–Kier alpha value is -1.44. The lowest BCUT2D eigenvalue weighted by atomic mass is 10.0. The maximum atomic E-state index is 9.12. The summed E-state index contributed by atoms with van der Waals surface area (Å²) >= 11 is 0. The van der Waals surface area contributed by atoms with Crippen LogP contribution in [0, 0.1) is 11.3 Å². The number of likely N-dealkylation sites (tertiary alicyclic amines) is 1. The van der Waals surface area contributed by atoms with Crippen LogP contribution in [0.3, 0.4) is 0 Å². The predicted molar refractivity (Wildman–Crippen MR) is 57.0 cm³/mol. The van der Waals surface area contributed by atoms with E-state index in [-0.39, 0.29) is 6.04 Å². The highest BCUT2D eigenvalue weighted by atomic mass is 15.3. The van der Waals surface area contributed by atoms with Crippen molar-refractivity contribution in [2.24, 2.45) is 0 Å². The van der Waals surface area contributed by atoms with Crippen molar-refractivity contribution < 1.29 is 0 Å². The molecule has 1 aliphatic heterocycles. The summed E-state index contributed by atoms with van der Waals surface area (Å²) in [5, 5.41) is 12.3. The van der Waals surface area contributed by atoms with Crippen LogP contribution in [-0.2, 0) is 0 Å². The lowest BCUT2D eigenvalue weighted by molar-refractivity contribution is 0.103. The highest BCUT2D eigenvalue weighted by molar-refractivity contribution is 5.17. The van der Waals surface area contributed by atoms with E-state index in [1.54, 1.807) is 6.20 Å². The smallest absolute Gasteiger partial charge is 0.141 e. The molecule has 1 aromatic heterocycles. The molecule has 78 valence electrons. The molecule has 0 radical (unpaired) electrons. The van der Waals surface area contributed by atoms with E-state index < -0.39 is 0 Å². The Kier molecular flexibility index (Phi) is 2.95. The zero-order valence-electron chi connectivity index (χ0n) is 8.72. The van der Waals surface area contributed by atoms with E-state index >= 15 is 0 Å². The van der Waals surface area contributed by atoms with Crippen LogP contribution in [-0.4, -0.2) is 36.1 Å². The SMILES string of the molecule is CNC1CN(C(C#N)c2ccccn2)C1. The van der Waals surface area contributed by atoms with Crippen molar-refractivity contribution in [3.8, 4) is 6.07 Å². The van der Waals surface area contributed by atoms with Crippen LogP contribution in [0.4, 0.5) is 0 Å². The standard InChI is InChI=1S/C11H14N4/c1-13-9-7-15(8-9)11(6-12)10-4-2-3-5-14-10/h2-5,9,11,13H,7-8H2,1H3. The van der Waals surface area contributed by atoms with Crippen molar-refractivity contribution in [1.82, 2.24) is 15.2 Å². The first-order valence-electron chi connectivity index (χ1n) is 5.07. The lowest BCUT2D eigenvalue weighted by Gasteiger charge is -2.41. The van der Waals surface area contributed by atoms with Crippen LogP contribution >= 0.6 is 0 Å². The molecule has 2 rings (SSSR count). The van der Waals surface area contributed by atoms with Crippen molar-refractivity contribution in [3.05, 3.63) is 30.1 Å². The molecule has 0 saturated carbocycles. The molecule has 2 heterocycles. The van der Waals surface area contributed by atoms with Gasteiger partial charge in [0, 0.05) is 25.3 Å². The first kappa shape index (κ1) is 10.1. The Morgan fingerprint density at radius 3 is 2.93 bits per heavy atom. The third-order valence-corrected chi connectivity index (χ3v) is 2.77. The summed E-state index contributed by atoms with van der Waals surface area (Å²) in [5.74, 6) is 0. The van der Waals surface area contributed by atoms with Gasteiger partial charge in [0.25, 0.3) is 0 Å². The van der Waals surface area contributed by atoms with Gasteiger partial charge in [-0.15, -0.1) is 0 Å². The van der Waals surface area contributed by atoms with Crippen LogP contribution in [0.25, 0.3) is 0 Å². The fourth-order valence-corrected chi connectivity index (χ4v) is 1.78. The van der Waals surface area contributed by atoms with Gasteiger partial charge >= 0.3 is 0 Å². The van der Waals surface area contributed by atoms with E-state index in [1.807, 2.05) is 25.2 Å². The maximum absolute atomic E-state index is 9.12. The van der Waals surface area contributed by atoms with Crippen molar-refractivity contribution in [2.75, 3.05) is 20.1 Å². The number of hydrogen-bond donors (Lipinski definition) is 1. The number of nitrogens with zero attached hydrogens (tertiary/aromatic N) is 3. The third-order valence-electron chi connectivity index (χ3n) is 2.77. The van der Waals surface area contributed by atoms with E-state index in [1.165, 1.54) is 0 Å². The summed E-state index contributed by atoms with van der Waals surface area (Å²) in [4.78, 5) is 6.35. The molecular formula is C11H14N4. The van der Waals surface area contributed by atoms with Crippen molar-refractivity contribution in [1.29, 1.82) is 5.26 Å². The molecule has 4 nitrogen and oxygen atoms in total. The minimum absolute atomic E-state index is 0.198. The van der Waals surface area contributed by atoms with Crippen LogP contribution < -0.4 is 5.32 Å². The molecule has 1 atom stereocenters. The van der Waals surface area contributed by atoms with Crippen molar-refractivity contribution in [3.63, 3.8) is 0 Å². The minimum Gasteiger partial charge on any atom is -0.315 e. The Balaban J connectivity index is 2.04. The van der Waals surface area contributed by atoms with Gasteiger partial charge < -0.3 is 5.32 Å². The van der Waals surface area contributed by atoms with Gasteiger partial charge in [0.15, 0.2) is 0 Å². The van der Waals surface area contributed by atoms with E-state index in [4.69, 9.17) is 5.26 Å². The van der Waals surface area contributed by atoms with E-state index in [0.29, 0.717) is 6.04 Å². The second-order valence-electron chi connectivity index (χ2n) is 3.73. The van der Waals surface area contributed by atoms with Crippen LogP contribution in [0.5, 0.6) is 0 Å². The molecule has 1 aliphatic rings. The average molecular weight is 202 g/mol. The summed E-state index contributed by atoms with van der Waals surface area (Å²) in [6, 6.07) is 8.31. The number of nitrogens with one attached hydrogen (secondary N) is 1. The molecule has 4 heteroatoms. The summed E-state index contributed by atoms with van der Waals surface area (Å²) in [6.45, 7) is 1.84. The number of pyridine rings is 1. The monoisotopic (exact) mass is 202 g/mol. The van der Waals surface area contributed by atoms with Gasteiger partial charge in [-0.05, 0) is 19.2 Å². The zero-order chi connectivity index (χ0) is 10.7. The molecule has 0 aromatic carbocycles. The highest BCUT2D eigenvalue weighted by Crippen LogP contribution is 2.23. The predicted octanol–water partition coefficient (Wildman–Crippen LogP) is 0.550. The summed E-state index contributed by atoms with van der Waals surface area (Å²) < 4.78 is 0. The molecule has 1 saturated heterocycles. The third kappa shape index (κ3) is 1.99. The topological polar surface area (TPSA) is 52.0 Å². The first-order valence-corrected chi connectivity index (χ1v) is 5.07. The fraction of sp³-hybridized carbons (Fsp3) is 0.455. The number of likely N-dealkylation sites (N-methyl/N-ethyl adjacent to an activating group) is 1. The van der Waals surface area contributed by atoms with Crippen LogP contribution in [0.2, 0.25) is 0 Å². The van der Waals surface area contributed by atoms with Gasteiger partial charge in [-0.3, -0.25) is 9.88 Å². The molecular weight excluding hydrogens is 188 g/mol. The highest BCUT2D eigenvalue weighted by Gasteiger charge is 2.32. The van der Waals surface area contributed by atoms with Gasteiger partial charge in [0.05, 0.1) is 11.8 Å². The molecule has 0 amide bonds. The van der Waals surface area contributed by atoms with Gasteiger partial charge in [-0.2, -0.15) is 5.26 Å². The Bertz CT molecular complexity index is 351. The number of aromatic nitrogens is 1. The number of nitriles is 1. The van der Waals surface area contributed by atoms with Gasteiger partial charge in [-0.1, -0.05) is 6.07 Å². The number of hydrogen-bond acceptors (Lipinski definition) is 4. The molecule has 1 fully saturated rings. The summed E-state index contributed by atoms with van der Waals surface area (Å²) in [7, 11) is 1.95. The molecule has 1 N–H and O–H groups in total. The van der Waals surface area contributed by atoms with Crippen LogP contribution in [0.15, 0.2) is 24.4 Å². The minimum atomic E-state index is -0.198. The molecule has 0 aliphatic carbocycles. The van der Waals surface area contributed by atoms with Gasteiger partial charge in [0.2, 0.25) is 0 Å². The largest absolute Gasteiger partial charge is 0.315 e. The summed E-state index contributed by atoms with van der Waals surface area (Å²) in [5.41, 5.74) is 0.842. The second kappa shape index (κ2) is 4.39. The molecule has 1 aromatic rings. The maximum Gasteiger partial charge on any atom is 0.141 e. The molecule has 1 unspecified atom stereocenters. The van der Waals surface area contributed by atoms with Gasteiger partial charge in [-0.25, -0.2) is 0 Å². The lowest BCUT2D eigenvalue weighted by Crippen LogP contribution is -2.57. The Labute approximate surface area is 89.5 Å². The zero-order valence-corrected chi connectivity index (χ0v) is 8.72. The molecule has 0 spiro atoms. The number of rotatable bonds is 3. The molecule has 15 heavy (non-hydrogen) atoms. The average Bonchev–Trinajstić information content (AvgIpc) is 2.24. The normalized spacial score (nSPS) is 19.2. The van der Waals surface area contributed by atoms with E-state index in [0.717, 1.165) is 18.8 Å². The Morgan fingerprint density at radius 1 is 1.60 bits per heavy atom. The van der Waals surface area contributed by atoms with E-state index in [9.17, 15) is 0 Å². The Morgan fingerprint density at radius 2 is 2.40 bits per heavy atom. The van der Waals surface area contributed by atoms with E-state index in [2.05, 4.69) is 21.3 Å². The van der Waals surface area contributed by atoms with Gasteiger partial charge in [0.1, 0.15) is 6.04 Å².